The van der Waals surface area contributed by atoms with Crippen LogP contribution in [-0.2, 0) is 14.8 Å². The number of sulfonamides is 1. The summed E-state index contributed by atoms with van der Waals surface area (Å²) in [6.45, 7) is 3.25. The highest BCUT2D eigenvalue weighted by molar-refractivity contribution is 7.89. The number of carbonyl (C=O) groups excluding carboxylic acids is 1. The molecular formula is C11H23N3O3S. The molecule has 0 aromatic heterocycles. The number of piperidine rings is 1. The normalized spacial score (nSPS) is 24.8. The van der Waals surface area contributed by atoms with Crippen LogP contribution in [0.2, 0.25) is 0 Å². The topological polar surface area (TPSA) is 87.3 Å². The summed E-state index contributed by atoms with van der Waals surface area (Å²) >= 11 is 0. The first kappa shape index (κ1) is 15.4. The summed E-state index contributed by atoms with van der Waals surface area (Å²) in [6, 6.07) is 0.208. The molecule has 1 aliphatic rings. The van der Waals surface area contributed by atoms with Crippen molar-refractivity contribution in [1.29, 1.82) is 0 Å². The van der Waals surface area contributed by atoms with E-state index in [0.717, 1.165) is 19.4 Å². The molecular weight excluding hydrogens is 254 g/mol. The zero-order chi connectivity index (χ0) is 13.6. The first-order valence-corrected chi connectivity index (χ1v) is 8.01. The van der Waals surface area contributed by atoms with Gasteiger partial charge in [0.15, 0.2) is 0 Å². The SMILES string of the molecule is CNS(=O)(=O)CCNC(=O)CC1NCCCC1C. The second-order valence-electron chi connectivity index (χ2n) is 4.76. The molecule has 0 saturated carbocycles. The number of amides is 1. The van der Waals surface area contributed by atoms with Crippen LogP contribution in [0.3, 0.4) is 0 Å². The molecule has 1 heterocycles. The summed E-state index contributed by atoms with van der Waals surface area (Å²) in [7, 11) is -1.87. The van der Waals surface area contributed by atoms with Crippen LogP contribution in [-0.4, -0.2) is 46.3 Å². The van der Waals surface area contributed by atoms with E-state index in [1.807, 2.05) is 0 Å². The first-order chi connectivity index (χ1) is 8.44. The van der Waals surface area contributed by atoms with Gasteiger partial charge in [0.1, 0.15) is 0 Å². The fourth-order valence-corrected chi connectivity index (χ4v) is 2.66. The summed E-state index contributed by atoms with van der Waals surface area (Å²) in [5.74, 6) is 0.321. The second kappa shape index (κ2) is 7.06. The minimum Gasteiger partial charge on any atom is -0.355 e. The molecule has 0 aromatic carbocycles. The average Bonchev–Trinajstić information content (AvgIpc) is 2.32. The van der Waals surface area contributed by atoms with Crippen molar-refractivity contribution < 1.29 is 13.2 Å². The molecule has 18 heavy (non-hydrogen) atoms. The van der Waals surface area contributed by atoms with Gasteiger partial charge in [-0.3, -0.25) is 4.79 Å². The fourth-order valence-electron chi connectivity index (χ4n) is 2.09. The molecule has 2 unspecified atom stereocenters. The van der Waals surface area contributed by atoms with Crippen molar-refractivity contribution in [3.63, 3.8) is 0 Å². The van der Waals surface area contributed by atoms with Crippen LogP contribution in [0.25, 0.3) is 0 Å². The van der Waals surface area contributed by atoms with Gasteiger partial charge in [0.25, 0.3) is 0 Å². The Balaban J connectivity index is 2.25. The lowest BCUT2D eigenvalue weighted by molar-refractivity contribution is -0.121. The number of hydrogen-bond donors (Lipinski definition) is 3. The molecule has 0 aliphatic carbocycles. The Morgan fingerprint density at radius 3 is 2.78 bits per heavy atom. The van der Waals surface area contributed by atoms with Gasteiger partial charge in [0.2, 0.25) is 15.9 Å². The van der Waals surface area contributed by atoms with Crippen LogP contribution in [0.1, 0.15) is 26.2 Å². The Bertz CT molecular complexity index is 370. The third-order valence-electron chi connectivity index (χ3n) is 3.34. The number of rotatable bonds is 6. The van der Waals surface area contributed by atoms with Crippen molar-refractivity contribution >= 4 is 15.9 Å². The van der Waals surface area contributed by atoms with E-state index < -0.39 is 10.0 Å². The van der Waals surface area contributed by atoms with Crippen molar-refractivity contribution in [2.75, 3.05) is 25.9 Å². The second-order valence-corrected chi connectivity index (χ2v) is 6.80. The zero-order valence-corrected chi connectivity index (χ0v) is 11.8. The van der Waals surface area contributed by atoms with E-state index >= 15 is 0 Å². The maximum absolute atomic E-state index is 11.7. The number of carbonyl (C=O) groups is 1. The summed E-state index contributed by atoms with van der Waals surface area (Å²) in [5, 5.41) is 5.97. The Labute approximate surface area is 109 Å². The van der Waals surface area contributed by atoms with Gasteiger partial charge in [-0.2, -0.15) is 0 Å². The highest BCUT2D eigenvalue weighted by atomic mass is 32.2. The molecule has 7 heteroatoms. The zero-order valence-electron chi connectivity index (χ0n) is 11.0. The molecule has 2 atom stereocenters. The third kappa shape index (κ3) is 5.32. The highest BCUT2D eigenvalue weighted by Gasteiger charge is 2.23. The van der Waals surface area contributed by atoms with Gasteiger partial charge in [0, 0.05) is 19.0 Å². The Morgan fingerprint density at radius 2 is 2.17 bits per heavy atom. The minimum atomic E-state index is -3.24. The average molecular weight is 277 g/mol. The van der Waals surface area contributed by atoms with Crippen LogP contribution in [0.5, 0.6) is 0 Å². The molecule has 0 radical (unpaired) electrons. The molecule has 3 N–H and O–H groups in total. The molecule has 0 aromatic rings. The molecule has 0 bridgehead atoms. The van der Waals surface area contributed by atoms with Gasteiger partial charge in [0.05, 0.1) is 5.75 Å². The molecule has 1 saturated heterocycles. The van der Waals surface area contributed by atoms with Gasteiger partial charge in [-0.05, 0) is 32.4 Å². The smallest absolute Gasteiger partial charge is 0.221 e. The standard InChI is InChI=1S/C11H23N3O3S/c1-9-4-3-5-13-10(9)8-11(15)14-6-7-18(16,17)12-2/h9-10,12-13H,3-8H2,1-2H3,(H,14,15). The Kier molecular flexibility index (Phi) is 6.04. The van der Waals surface area contributed by atoms with E-state index in [1.54, 1.807) is 0 Å². The molecule has 1 amide bonds. The third-order valence-corrected chi connectivity index (χ3v) is 4.70. The quantitative estimate of drug-likeness (QED) is 0.607. The van der Waals surface area contributed by atoms with Crippen molar-refractivity contribution in [3.8, 4) is 0 Å². The summed E-state index contributed by atoms with van der Waals surface area (Å²) in [5.41, 5.74) is 0. The maximum Gasteiger partial charge on any atom is 0.221 e. The molecule has 1 aliphatic heterocycles. The Morgan fingerprint density at radius 1 is 1.44 bits per heavy atom. The largest absolute Gasteiger partial charge is 0.355 e. The predicted octanol–water partition coefficient (Wildman–Crippen LogP) is -0.570. The monoisotopic (exact) mass is 277 g/mol. The highest BCUT2D eigenvalue weighted by Crippen LogP contribution is 2.17. The van der Waals surface area contributed by atoms with E-state index in [-0.39, 0.29) is 24.2 Å². The molecule has 106 valence electrons. The molecule has 0 spiro atoms. The van der Waals surface area contributed by atoms with E-state index in [2.05, 4.69) is 22.3 Å². The lowest BCUT2D eigenvalue weighted by atomic mass is 9.90. The van der Waals surface area contributed by atoms with Crippen LogP contribution in [0, 0.1) is 5.92 Å². The summed E-state index contributed by atoms with van der Waals surface area (Å²) in [4.78, 5) is 11.7. The predicted molar refractivity (Wildman–Crippen MR) is 70.7 cm³/mol. The van der Waals surface area contributed by atoms with Crippen molar-refractivity contribution in [2.45, 2.75) is 32.2 Å². The van der Waals surface area contributed by atoms with Crippen LogP contribution in [0.4, 0.5) is 0 Å². The number of nitrogens with one attached hydrogen (secondary N) is 3. The van der Waals surface area contributed by atoms with Gasteiger partial charge >= 0.3 is 0 Å². The molecule has 1 rings (SSSR count). The van der Waals surface area contributed by atoms with Crippen LogP contribution >= 0.6 is 0 Å². The number of hydrogen-bond acceptors (Lipinski definition) is 4. The van der Waals surface area contributed by atoms with E-state index in [0.29, 0.717) is 12.3 Å². The van der Waals surface area contributed by atoms with Crippen LogP contribution in [0.15, 0.2) is 0 Å². The van der Waals surface area contributed by atoms with Gasteiger partial charge in [-0.25, -0.2) is 13.1 Å². The van der Waals surface area contributed by atoms with Crippen molar-refractivity contribution in [1.82, 2.24) is 15.4 Å². The minimum absolute atomic E-state index is 0.0805. The maximum atomic E-state index is 11.7. The lowest BCUT2D eigenvalue weighted by Gasteiger charge is -2.29. The summed E-state index contributed by atoms with van der Waals surface area (Å²) < 4.78 is 24.5. The van der Waals surface area contributed by atoms with Crippen LogP contribution < -0.4 is 15.4 Å². The first-order valence-electron chi connectivity index (χ1n) is 6.36. The van der Waals surface area contributed by atoms with E-state index in [1.165, 1.54) is 7.05 Å². The van der Waals surface area contributed by atoms with Gasteiger partial charge < -0.3 is 10.6 Å². The van der Waals surface area contributed by atoms with E-state index in [4.69, 9.17) is 0 Å². The molecule has 1 fully saturated rings. The van der Waals surface area contributed by atoms with Gasteiger partial charge in [-0.1, -0.05) is 6.92 Å². The lowest BCUT2D eigenvalue weighted by Crippen LogP contribution is -2.44. The fraction of sp³-hybridized carbons (Fsp3) is 0.909. The Hall–Kier alpha value is -0.660. The van der Waals surface area contributed by atoms with Crippen molar-refractivity contribution in [3.05, 3.63) is 0 Å². The van der Waals surface area contributed by atoms with E-state index in [9.17, 15) is 13.2 Å². The molecule has 6 nitrogen and oxygen atoms in total. The summed E-state index contributed by atoms with van der Waals surface area (Å²) in [6.07, 6.45) is 2.71. The van der Waals surface area contributed by atoms with Gasteiger partial charge in [-0.15, -0.1) is 0 Å². The van der Waals surface area contributed by atoms with Crippen molar-refractivity contribution in [2.24, 2.45) is 5.92 Å².